The van der Waals surface area contributed by atoms with Gasteiger partial charge in [0, 0.05) is 18.3 Å². The molecule has 0 amide bonds. The van der Waals surface area contributed by atoms with Crippen LogP contribution in [0, 0.1) is 27.7 Å². The van der Waals surface area contributed by atoms with Crippen LogP contribution in [0.25, 0.3) is 0 Å². The maximum absolute atomic E-state index is 4.39. The van der Waals surface area contributed by atoms with Crippen LogP contribution in [0.5, 0.6) is 0 Å². The minimum Gasteiger partial charge on any atom is -0.306 e. The molecule has 0 aliphatic rings. The third kappa shape index (κ3) is 2.63. The van der Waals surface area contributed by atoms with Crippen molar-refractivity contribution < 1.29 is 0 Å². The lowest BCUT2D eigenvalue weighted by Gasteiger charge is -2.22. The molecule has 0 spiro atoms. The maximum Gasteiger partial charge on any atom is 0.0613 e. The Morgan fingerprint density at radius 2 is 1.70 bits per heavy atom. The molecule has 0 radical (unpaired) electrons. The largest absolute Gasteiger partial charge is 0.306 e. The summed E-state index contributed by atoms with van der Waals surface area (Å²) in [6, 6.07) is 4.80. The summed E-state index contributed by atoms with van der Waals surface area (Å²) in [4.78, 5) is 0. The minimum atomic E-state index is 0.216. The van der Waals surface area contributed by atoms with Crippen molar-refractivity contribution in [1.82, 2.24) is 15.1 Å². The van der Waals surface area contributed by atoms with Gasteiger partial charge >= 0.3 is 0 Å². The molecule has 1 atom stereocenters. The first-order valence-corrected chi connectivity index (χ1v) is 7.25. The van der Waals surface area contributed by atoms with Gasteiger partial charge in [-0.2, -0.15) is 5.10 Å². The Balaban J connectivity index is 2.54. The van der Waals surface area contributed by atoms with Crippen LogP contribution in [0.3, 0.4) is 0 Å². The molecule has 1 heterocycles. The minimum absolute atomic E-state index is 0.216. The normalized spacial score (nSPS) is 12.7. The van der Waals surface area contributed by atoms with Gasteiger partial charge in [0.05, 0.1) is 12.2 Å². The Labute approximate surface area is 122 Å². The predicted molar refractivity (Wildman–Crippen MR) is 84.1 cm³/mol. The molecular weight excluding hydrogens is 246 g/mol. The fraction of sp³-hybridized carbons (Fsp3) is 0.471. The monoisotopic (exact) mass is 271 g/mol. The Hall–Kier alpha value is -1.61. The number of nitrogens with zero attached hydrogens (tertiary/aromatic N) is 2. The van der Waals surface area contributed by atoms with Crippen molar-refractivity contribution in [2.24, 2.45) is 7.05 Å². The van der Waals surface area contributed by atoms with Crippen molar-refractivity contribution in [1.29, 1.82) is 0 Å². The standard InChI is InChI=1S/C17H25N3/c1-7-18-17(16-10-19-20(6)14(16)5)15-9-12(3)11(2)8-13(15)4/h8-10,17-18H,7H2,1-6H3. The molecular formula is C17H25N3. The highest BCUT2D eigenvalue weighted by Crippen LogP contribution is 2.28. The first-order chi connectivity index (χ1) is 9.45. The van der Waals surface area contributed by atoms with Gasteiger partial charge in [-0.15, -0.1) is 0 Å². The molecule has 2 rings (SSSR count). The zero-order chi connectivity index (χ0) is 14.9. The smallest absolute Gasteiger partial charge is 0.0613 e. The molecule has 2 aromatic rings. The quantitative estimate of drug-likeness (QED) is 0.924. The summed E-state index contributed by atoms with van der Waals surface area (Å²) < 4.78 is 1.94. The number of benzene rings is 1. The lowest BCUT2D eigenvalue weighted by atomic mass is 9.92. The van der Waals surface area contributed by atoms with E-state index in [9.17, 15) is 0 Å². The van der Waals surface area contributed by atoms with E-state index in [1.807, 2.05) is 17.9 Å². The van der Waals surface area contributed by atoms with Crippen LogP contribution in [0.15, 0.2) is 18.3 Å². The average Bonchev–Trinajstić information content (AvgIpc) is 2.72. The molecule has 0 saturated carbocycles. The van der Waals surface area contributed by atoms with E-state index in [1.54, 1.807) is 0 Å². The van der Waals surface area contributed by atoms with Crippen LogP contribution >= 0.6 is 0 Å². The van der Waals surface area contributed by atoms with Crippen molar-refractivity contribution in [2.75, 3.05) is 6.54 Å². The highest BCUT2D eigenvalue weighted by atomic mass is 15.3. The van der Waals surface area contributed by atoms with E-state index in [2.05, 4.69) is 57.2 Å². The fourth-order valence-electron chi connectivity index (χ4n) is 2.68. The fourth-order valence-corrected chi connectivity index (χ4v) is 2.68. The highest BCUT2D eigenvalue weighted by molar-refractivity contribution is 5.43. The molecule has 3 heteroatoms. The molecule has 0 fully saturated rings. The van der Waals surface area contributed by atoms with Gasteiger partial charge in [-0.25, -0.2) is 0 Å². The second-order valence-electron chi connectivity index (χ2n) is 5.59. The highest BCUT2D eigenvalue weighted by Gasteiger charge is 2.20. The molecule has 1 N–H and O–H groups in total. The van der Waals surface area contributed by atoms with Gasteiger partial charge in [0.1, 0.15) is 0 Å². The number of nitrogens with one attached hydrogen (secondary N) is 1. The van der Waals surface area contributed by atoms with E-state index < -0.39 is 0 Å². The SMILES string of the molecule is CCNC(c1cc(C)c(C)cc1C)c1cnn(C)c1C. The van der Waals surface area contributed by atoms with Crippen molar-refractivity contribution in [3.05, 3.63) is 51.8 Å². The molecule has 1 unspecified atom stereocenters. The average molecular weight is 271 g/mol. The summed E-state index contributed by atoms with van der Waals surface area (Å²) in [7, 11) is 2.00. The van der Waals surface area contributed by atoms with E-state index in [4.69, 9.17) is 0 Å². The second kappa shape index (κ2) is 5.80. The lowest BCUT2D eigenvalue weighted by Crippen LogP contribution is -2.23. The zero-order valence-electron chi connectivity index (χ0n) is 13.4. The van der Waals surface area contributed by atoms with E-state index in [1.165, 1.54) is 33.5 Å². The third-order valence-electron chi connectivity index (χ3n) is 4.19. The van der Waals surface area contributed by atoms with E-state index >= 15 is 0 Å². The third-order valence-corrected chi connectivity index (χ3v) is 4.19. The van der Waals surface area contributed by atoms with Crippen molar-refractivity contribution in [3.8, 4) is 0 Å². The molecule has 0 saturated heterocycles. The summed E-state index contributed by atoms with van der Waals surface area (Å²) in [5, 5.41) is 7.99. The van der Waals surface area contributed by atoms with Gasteiger partial charge in [0.15, 0.2) is 0 Å². The van der Waals surface area contributed by atoms with Crippen LogP contribution in [0.2, 0.25) is 0 Å². The van der Waals surface area contributed by atoms with Crippen LogP contribution in [0.1, 0.15) is 46.5 Å². The molecule has 0 bridgehead atoms. The van der Waals surface area contributed by atoms with Crippen molar-refractivity contribution in [3.63, 3.8) is 0 Å². The Morgan fingerprint density at radius 3 is 2.25 bits per heavy atom. The number of aryl methyl sites for hydroxylation is 4. The molecule has 1 aromatic carbocycles. The van der Waals surface area contributed by atoms with Crippen LogP contribution in [-0.2, 0) is 7.05 Å². The molecule has 0 aliphatic carbocycles. The van der Waals surface area contributed by atoms with Crippen LogP contribution in [-0.4, -0.2) is 16.3 Å². The lowest BCUT2D eigenvalue weighted by molar-refractivity contribution is 0.621. The first-order valence-electron chi connectivity index (χ1n) is 7.25. The summed E-state index contributed by atoms with van der Waals surface area (Å²) in [5.41, 5.74) is 7.86. The Kier molecular flexibility index (Phi) is 4.29. The Bertz CT molecular complexity index is 611. The van der Waals surface area contributed by atoms with Crippen molar-refractivity contribution >= 4 is 0 Å². The maximum atomic E-state index is 4.39. The van der Waals surface area contributed by atoms with Gasteiger partial charge in [-0.1, -0.05) is 19.1 Å². The number of hydrogen-bond donors (Lipinski definition) is 1. The Morgan fingerprint density at radius 1 is 1.05 bits per heavy atom. The van der Waals surface area contributed by atoms with Gasteiger partial charge in [0.25, 0.3) is 0 Å². The first kappa shape index (κ1) is 14.8. The van der Waals surface area contributed by atoms with Crippen LogP contribution in [0.4, 0.5) is 0 Å². The van der Waals surface area contributed by atoms with Gasteiger partial charge in [-0.3, -0.25) is 4.68 Å². The summed E-state index contributed by atoms with van der Waals surface area (Å²) in [6.45, 7) is 11.8. The second-order valence-corrected chi connectivity index (χ2v) is 5.59. The number of rotatable bonds is 4. The summed E-state index contributed by atoms with van der Waals surface area (Å²) in [6.07, 6.45) is 1.98. The molecule has 20 heavy (non-hydrogen) atoms. The topological polar surface area (TPSA) is 29.9 Å². The van der Waals surface area contributed by atoms with E-state index in [-0.39, 0.29) is 6.04 Å². The number of aromatic nitrogens is 2. The summed E-state index contributed by atoms with van der Waals surface area (Å²) >= 11 is 0. The van der Waals surface area contributed by atoms with Crippen LogP contribution < -0.4 is 5.32 Å². The zero-order valence-corrected chi connectivity index (χ0v) is 13.4. The molecule has 108 valence electrons. The van der Waals surface area contributed by atoms with E-state index in [0.29, 0.717) is 0 Å². The molecule has 0 aliphatic heterocycles. The van der Waals surface area contributed by atoms with Crippen molar-refractivity contribution in [2.45, 2.75) is 40.7 Å². The molecule has 3 nitrogen and oxygen atoms in total. The van der Waals surface area contributed by atoms with Gasteiger partial charge in [-0.05, 0) is 56.5 Å². The summed E-state index contributed by atoms with van der Waals surface area (Å²) in [5.74, 6) is 0. The number of hydrogen-bond acceptors (Lipinski definition) is 2. The van der Waals surface area contributed by atoms with E-state index in [0.717, 1.165) is 6.54 Å². The molecule has 1 aromatic heterocycles. The van der Waals surface area contributed by atoms with Gasteiger partial charge in [0.2, 0.25) is 0 Å². The predicted octanol–water partition coefficient (Wildman–Crippen LogP) is 3.35. The van der Waals surface area contributed by atoms with Gasteiger partial charge < -0.3 is 5.32 Å².